The Morgan fingerprint density at radius 2 is 2.06 bits per heavy atom. The van der Waals surface area contributed by atoms with Crippen molar-refractivity contribution in [3.05, 3.63) is 76.3 Å². The van der Waals surface area contributed by atoms with Gasteiger partial charge in [-0.05, 0) is 61.2 Å². The first-order valence-corrected chi connectivity index (χ1v) is 13.0. The number of fused-ring (bicyclic) bond motifs is 1. The zero-order valence-electron chi connectivity index (χ0n) is 20.4. The van der Waals surface area contributed by atoms with Crippen LogP contribution in [-0.4, -0.2) is 53.7 Å². The van der Waals surface area contributed by atoms with Gasteiger partial charge in [0.05, 0.1) is 22.6 Å². The summed E-state index contributed by atoms with van der Waals surface area (Å²) in [5, 5.41) is 15.4. The Morgan fingerprint density at radius 1 is 1.25 bits per heavy atom. The third-order valence-electron chi connectivity index (χ3n) is 7.41. The van der Waals surface area contributed by atoms with Crippen LogP contribution in [0.25, 0.3) is 0 Å². The lowest BCUT2D eigenvalue weighted by molar-refractivity contribution is -0.132. The molecule has 6 nitrogen and oxygen atoms in total. The van der Waals surface area contributed by atoms with E-state index < -0.39 is 6.10 Å². The van der Waals surface area contributed by atoms with Gasteiger partial charge in [0.15, 0.2) is 0 Å². The molecule has 1 heterocycles. The van der Waals surface area contributed by atoms with Crippen molar-refractivity contribution < 1.29 is 19.4 Å². The Morgan fingerprint density at radius 3 is 2.78 bits per heavy atom. The van der Waals surface area contributed by atoms with Gasteiger partial charge in [-0.2, -0.15) is 0 Å². The molecule has 1 aliphatic carbocycles. The van der Waals surface area contributed by atoms with Gasteiger partial charge in [-0.25, -0.2) is 0 Å². The summed E-state index contributed by atoms with van der Waals surface area (Å²) in [6.45, 7) is 7.58. The zero-order chi connectivity index (χ0) is 25.9. The quantitative estimate of drug-likeness (QED) is 0.312. The fraction of sp³-hybridized carbons (Fsp3) is 0.429. The first-order valence-electron chi connectivity index (χ1n) is 12.2. The minimum Gasteiger partial charge on any atom is -0.427 e. The van der Waals surface area contributed by atoms with Crippen LogP contribution in [0.4, 0.5) is 0 Å². The highest BCUT2D eigenvalue weighted by atomic mass is 35.5. The molecule has 2 aromatic rings. The van der Waals surface area contributed by atoms with Crippen molar-refractivity contribution in [3.8, 4) is 5.75 Å². The average molecular weight is 531 g/mol. The molecule has 2 N–H and O–H groups in total. The molecule has 1 aliphatic heterocycles. The third kappa shape index (κ3) is 5.94. The molecule has 0 radical (unpaired) electrons. The van der Waals surface area contributed by atoms with Crippen LogP contribution in [0.15, 0.2) is 55.1 Å². The van der Waals surface area contributed by atoms with Crippen molar-refractivity contribution in [1.82, 2.24) is 10.2 Å². The number of ether oxygens (including phenoxy) is 1. The first-order chi connectivity index (χ1) is 17.2. The zero-order valence-corrected chi connectivity index (χ0v) is 21.9. The van der Waals surface area contributed by atoms with Gasteiger partial charge in [0.2, 0.25) is 5.91 Å². The summed E-state index contributed by atoms with van der Waals surface area (Å²) < 4.78 is 5.37. The molecule has 2 aromatic carbocycles. The standard InChI is InChI=1S/C28H32Cl2N2O4/c1-3-10-32-11-9-28(20-5-4-6-22(14-20)36-18(2)33)16-21(15-26(34)23(28)17-32)31-27(35)13-19-7-8-24(29)25(30)12-19/h3-8,12,14,21,23,26,34H,1,9-11,13,15-17H2,2H3,(H,31,35). The third-order valence-corrected chi connectivity index (χ3v) is 8.15. The molecule has 2 fully saturated rings. The molecule has 0 bridgehead atoms. The normalized spacial score (nSPS) is 26.1. The lowest BCUT2D eigenvalue weighted by atomic mass is 9.57. The molecule has 0 spiro atoms. The molecule has 2 aliphatic rings. The number of hydrogen-bond acceptors (Lipinski definition) is 5. The number of carbonyl (C=O) groups is 2. The van der Waals surface area contributed by atoms with Crippen molar-refractivity contribution in [2.75, 3.05) is 19.6 Å². The van der Waals surface area contributed by atoms with E-state index in [1.165, 1.54) is 6.92 Å². The predicted octanol–water partition coefficient (Wildman–Crippen LogP) is 4.55. The maximum absolute atomic E-state index is 13.0. The number of esters is 1. The van der Waals surface area contributed by atoms with Gasteiger partial charge >= 0.3 is 5.97 Å². The fourth-order valence-electron chi connectivity index (χ4n) is 5.89. The molecule has 192 valence electrons. The second-order valence-electron chi connectivity index (χ2n) is 9.88. The number of aliphatic hydroxyl groups excluding tert-OH is 1. The van der Waals surface area contributed by atoms with E-state index in [1.54, 1.807) is 24.3 Å². The second-order valence-corrected chi connectivity index (χ2v) is 10.7. The van der Waals surface area contributed by atoms with Crippen molar-refractivity contribution in [2.24, 2.45) is 5.92 Å². The number of amides is 1. The summed E-state index contributed by atoms with van der Waals surface area (Å²) in [6.07, 6.45) is 3.44. The van der Waals surface area contributed by atoms with Crippen molar-refractivity contribution >= 4 is 35.1 Å². The monoisotopic (exact) mass is 530 g/mol. The summed E-state index contributed by atoms with van der Waals surface area (Å²) in [5.74, 6) is -0.0426. The van der Waals surface area contributed by atoms with Crippen LogP contribution in [-0.2, 0) is 21.4 Å². The first kappa shape index (κ1) is 26.7. The highest BCUT2D eigenvalue weighted by Gasteiger charge is 2.52. The molecule has 1 amide bonds. The summed E-state index contributed by atoms with van der Waals surface area (Å²) in [6, 6.07) is 12.6. The largest absolute Gasteiger partial charge is 0.427 e. The predicted molar refractivity (Wildman–Crippen MR) is 142 cm³/mol. The maximum atomic E-state index is 13.0. The fourth-order valence-corrected chi connectivity index (χ4v) is 6.21. The van der Waals surface area contributed by atoms with Crippen molar-refractivity contribution in [1.29, 1.82) is 0 Å². The highest BCUT2D eigenvalue weighted by molar-refractivity contribution is 6.42. The van der Waals surface area contributed by atoms with Crippen LogP contribution < -0.4 is 10.1 Å². The number of carbonyl (C=O) groups excluding carboxylic acids is 2. The lowest BCUT2D eigenvalue weighted by Gasteiger charge is -2.54. The number of nitrogens with one attached hydrogen (secondary N) is 1. The molecule has 1 saturated heterocycles. The highest BCUT2D eigenvalue weighted by Crippen LogP contribution is 2.49. The number of nitrogens with zero attached hydrogens (tertiary/aromatic N) is 1. The van der Waals surface area contributed by atoms with E-state index in [0.717, 1.165) is 37.2 Å². The number of rotatable bonds is 7. The van der Waals surface area contributed by atoms with E-state index in [4.69, 9.17) is 27.9 Å². The van der Waals surface area contributed by atoms with E-state index in [2.05, 4.69) is 16.8 Å². The summed E-state index contributed by atoms with van der Waals surface area (Å²) in [7, 11) is 0. The molecule has 1 saturated carbocycles. The molecule has 4 unspecified atom stereocenters. The molecule has 4 atom stereocenters. The minimum atomic E-state index is -0.598. The number of hydrogen-bond donors (Lipinski definition) is 2. The Balaban J connectivity index is 1.58. The Hall–Kier alpha value is -2.38. The van der Waals surface area contributed by atoms with E-state index in [9.17, 15) is 14.7 Å². The number of aliphatic hydroxyl groups is 1. The number of halogens is 2. The molecule has 36 heavy (non-hydrogen) atoms. The SMILES string of the molecule is C=CCN1CCC2(c3cccc(OC(C)=O)c3)CC(NC(=O)Cc3ccc(Cl)c(Cl)c3)CC(O)C2C1. The summed E-state index contributed by atoms with van der Waals surface area (Å²) >= 11 is 12.1. The van der Waals surface area contributed by atoms with Crippen LogP contribution in [0.1, 0.15) is 37.3 Å². The minimum absolute atomic E-state index is 0.0259. The molecule has 0 aromatic heterocycles. The van der Waals surface area contributed by atoms with Gasteiger partial charge in [0.1, 0.15) is 5.75 Å². The topological polar surface area (TPSA) is 78.9 Å². The Bertz CT molecular complexity index is 1140. The summed E-state index contributed by atoms with van der Waals surface area (Å²) in [4.78, 5) is 26.8. The van der Waals surface area contributed by atoms with Crippen LogP contribution in [0.5, 0.6) is 5.75 Å². The van der Waals surface area contributed by atoms with Gasteiger partial charge in [-0.3, -0.25) is 14.5 Å². The maximum Gasteiger partial charge on any atom is 0.308 e. The van der Waals surface area contributed by atoms with Crippen LogP contribution >= 0.6 is 23.2 Å². The average Bonchev–Trinajstić information content (AvgIpc) is 2.82. The Labute approximate surface area is 222 Å². The smallest absolute Gasteiger partial charge is 0.308 e. The molecule has 8 heteroatoms. The van der Waals surface area contributed by atoms with Crippen LogP contribution in [0.3, 0.4) is 0 Å². The van der Waals surface area contributed by atoms with E-state index in [0.29, 0.717) is 28.6 Å². The molecule has 4 rings (SSSR count). The van der Waals surface area contributed by atoms with Crippen molar-refractivity contribution in [2.45, 2.75) is 50.2 Å². The van der Waals surface area contributed by atoms with Crippen LogP contribution in [0, 0.1) is 5.92 Å². The van der Waals surface area contributed by atoms with Gasteiger partial charge < -0.3 is 15.2 Å². The molecular formula is C28H32Cl2N2O4. The van der Waals surface area contributed by atoms with Crippen molar-refractivity contribution in [3.63, 3.8) is 0 Å². The van der Waals surface area contributed by atoms with Gasteiger partial charge in [-0.1, -0.05) is 47.5 Å². The second kappa shape index (κ2) is 11.3. The number of piperidine rings is 1. The number of likely N-dealkylation sites (tertiary alicyclic amines) is 1. The Kier molecular flexibility index (Phi) is 8.41. The van der Waals surface area contributed by atoms with Gasteiger partial charge in [0, 0.05) is 37.4 Å². The molecular weight excluding hydrogens is 499 g/mol. The van der Waals surface area contributed by atoms with Gasteiger partial charge in [-0.15, -0.1) is 6.58 Å². The number of benzene rings is 2. The van der Waals surface area contributed by atoms with E-state index in [-0.39, 0.29) is 35.7 Å². The lowest BCUT2D eigenvalue weighted by Crippen LogP contribution is -2.61. The van der Waals surface area contributed by atoms with Gasteiger partial charge in [0.25, 0.3) is 0 Å². The van der Waals surface area contributed by atoms with E-state index in [1.807, 2.05) is 24.3 Å². The summed E-state index contributed by atoms with van der Waals surface area (Å²) in [5.41, 5.74) is 1.43. The van der Waals surface area contributed by atoms with Crippen LogP contribution in [0.2, 0.25) is 10.0 Å². The van der Waals surface area contributed by atoms with E-state index >= 15 is 0 Å².